The summed E-state index contributed by atoms with van der Waals surface area (Å²) in [5.41, 5.74) is 2.52. The van der Waals surface area contributed by atoms with Crippen LogP contribution in [0.1, 0.15) is 37.3 Å². The van der Waals surface area contributed by atoms with Gasteiger partial charge in [0, 0.05) is 32.2 Å². The summed E-state index contributed by atoms with van der Waals surface area (Å²) >= 11 is 0. The fourth-order valence-electron chi connectivity index (χ4n) is 3.53. The summed E-state index contributed by atoms with van der Waals surface area (Å²) in [7, 11) is 0. The van der Waals surface area contributed by atoms with Gasteiger partial charge in [-0.15, -0.1) is 24.8 Å². The second-order valence-electron chi connectivity index (χ2n) is 6.87. The highest BCUT2D eigenvalue weighted by Gasteiger charge is 2.22. The normalized spacial score (nSPS) is 23.4. The van der Waals surface area contributed by atoms with E-state index in [4.69, 9.17) is 4.74 Å². The first-order valence-corrected chi connectivity index (χ1v) is 9.15. The zero-order valence-electron chi connectivity index (χ0n) is 15.4. The Morgan fingerprint density at radius 1 is 1.27 bits per heavy atom. The fourth-order valence-corrected chi connectivity index (χ4v) is 3.53. The van der Waals surface area contributed by atoms with E-state index < -0.39 is 0 Å². The first kappa shape index (κ1) is 23.2. The van der Waals surface area contributed by atoms with E-state index in [0.29, 0.717) is 25.7 Å². The highest BCUT2D eigenvalue weighted by molar-refractivity contribution is 5.85. The van der Waals surface area contributed by atoms with Gasteiger partial charge in [0.05, 0.1) is 6.61 Å². The van der Waals surface area contributed by atoms with Crippen molar-refractivity contribution in [1.82, 2.24) is 15.5 Å². The number of rotatable bonds is 5. The molecule has 2 atom stereocenters. The highest BCUT2D eigenvalue weighted by Crippen LogP contribution is 2.20. The Hall–Kier alpha value is -0.850. The van der Waals surface area contributed by atoms with Gasteiger partial charge in [-0.1, -0.05) is 30.7 Å². The van der Waals surface area contributed by atoms with E-state index in [9.17, 15) is 4.79 Å². The molecule has 5 nitrogen and oxygen atoms in total. The molecule has 148 valence electrons. The molecule has 2 aliphatic rings. The number of likely N-dealkylation sites (tertiary alicyclic amines) is 1. The van der Waals surface area contributed by atoms with Gasteiger partial charge in [0.1, 0.15) is 6.10 Å². The van der Waals surface area contributed by atoms with Crippen molar-refractivity contribution in [3.05, 3.63) is 35.4 Å². The predicted octanol–water partition coefficient (Wildman–Crippen LogP) is 2.51. The lowest BCUT2D eigenvalue weighted by Crippen LogP contribution is -2.47. The summed E-state index contributed by atoms with van der Waals surface area (Å²) in [5.74, 6) is -0.0247. The predicted molar refractivity (Wildman–Crippen MR) is 109 cm³/mol. The molecule has 3 rings (SSSR count). The Balaban J connectivity index is 0.00000169. The SMILES string of the molecule is CC1CCCCN1Cc1ccccc1CNC(=O)C1CNCCO1.Cl.Cl. The van der Waals surface area contributed by atoms with Crippen molar-refractivity contribution in [3.63, 3.8) is 0 Å². The topological polar surface area (TPSA) is 53.6 Å². The number of amides is 1. The molecule has 2 fully saturated rings. The third kappa shape index (κ3) is 6.39. The van der Waals surface area contributed by atoms with Crippen molar-refractivity contribution in [2.24, 2.45) is 0 Å². The van der Waals surface area contributed by atoms with E-state index in [1.54, 1.807) is 0 Å². The van der Waals surface area contributed by atoms with Gasteiger partial charge in [0.15, 0.2) is 0 Å². The monoisotopic (exact) mass is 403 g/mol. The van der Waals surface area contributed by atoms with E-state index in [2.05, 4.69) is 40.7 Å². The molecule has 2 unspecified atom stereocenters. The number of carbonyl (C=O) groups excluding carboxylic acids is 1. The largest absolute Gasteiger partial charge is 0.366 e. The minimum Gasteiger partial charge on any atom is -0.366 e. The standard InChI is InChI=1S/C19H29N3O2.2ClH/c1-15-6-4-5-10-22(15)14-17-8-3-2-7-16(17)12-21-19(23)18-13-20-9-11-24-18;;/h2-3,7-8,15,18,20H,4-6,9-14H2,1H3,(H,21,23);2*1H. The molecular weight excluding hydrogens is 373 g/mol. The van der Waals surface area contributed by atoms with Gasteiger partial charge in [-0.3, -0.25) is 9.69 Å². The van der Waals surface area contributed by atoms with E-state index in [1.165, 1.54) is 36.9 Å². The molecule has 0 aliphatic carbocycles. The molecule has 0 saturated carbocycles. The molecule has 0 radical (unpaired) electrons. The molecule has 2 heterocycles. The number of halogens is 2. The second-order valence-corrected chi connectivity index (χ2v) is 6.87. The van der Waals surface area contributed by atoms with Crippen LogP contribution in [0.15, 0.2) is 24.3 Å². The number of benzene rings is 1. The minimum atomic E-state index is -0.368. The van der Waals surface area contributed by atoms with Gasteiger partial charge in [0.2, 0.25) is 0 Å². The van der Waals surface area contributed by atoms with E-state index in [1.807, 2.05) is 6.07 Å². The molecule has 0 spiro atoms. The number of hydrogen-bond donors (Lipinski definition) is 2. The molecule has 0 bridgehead atoms. The van der Waals surface area contributed by atoms with Crippen LogP contribution in [0, 0.1) is 0 Å². The van der Waals surface area contributed by atoms with Crippen molar-refractivity contribution in [1.29, 1.82) is 0 Å². The molecule has 1 aromatic rings. The second kappa shape index (κ2) is 11.8. The summed E-state index contributed by atoms with van der Waals surface area (Å²) in [6.45, 7) is 7.03. The number of morpholine rings is 1. The number of nitrogens with zero attached hydrogens (tertiary/aromatic N) is 1. The highest BCUT2D eigenvalue weighted by atomic mass is 35.5. The molecular formula is C19H31Cl2N3O2. The Morgan fingerprint density at radius 2 is 2.04 bits per heavy atom. The molecule has 2 N–H and O–H groups in total. The number of ether oxygens (including phenoxy) is 1. The molecule has 2 saturated heterocycles. The van der Waals surface area contributed by atoms with Crippen LogP contribution in [0.5, 0.6) is 0 Å². The van der Waals surface area contributed by atoms with Gasteiger partial charge in [-0.2, -0.15) is 0 Å². The third-order valence-corrected chi connectivity index (χ3v) is 5.11. The first-order valence-electron chi connectivity index (χ1n) is 9.15. The first-order chi connectivity index (χ1) is 11.7. The molecule has 7 heteroatoms. The molecule has 26 heavy (non-hydrogen) atoms. The fraction of sp³-hybridized carbons (Fsp3) is 0.632. The minimum absolute atomic E-state index is 0. The van der Waals surface area contributed by atoms with Crippen molar-refractivity contribution >= 4 is 30.7 Å². The number of hydrogen-bond acceptors (Lipinski definition) is 4. The molecule has 0 aromatic heterocycles. The van der Waals surface area contributed by atoms with E-state index in [0.717, 1.165) is 13.1 Å². The summed E-state index contributed by atoms with van der Waals surface area (Å²) in [5, 5.41) is 6.23. The summed E-state index contributed by atoms with van der Waals surface area (Å²) in [6.07, 6.45) is 3.54. The average molecular weight is 404 g/mol. The summed E-state index contributed by atoms with van der Waals surface area (Å²) in [6, 6.07) is 9.07. The van der Waals surface area contributed by atoms with Crippen molar-refractivity contribution < 1.29 is 9.53 Å². The van der Waals surface area contributed by atoms with E-state index in [-0.39, 0.29) is 36.8 Å². The lowest BCUT2D eigenvalue weighted by Gasteiger charge is -2.33. The van der Waals surface area contributed by atoms with Crippen molar-refractivity contribution in [2.75, 3.05) is 26.2 Å². The van der Waals surface area contributed by atoms with Crippen molar-refractivity contribution in [3.8, 4) is 0 Å². The Kier molecular flexibility index (Phi) is 10.5. The maximum Gasteiger partial charge on any atom is 0.250 e. The number of nitrogens with one attached hydrogen (secondary N) is 2. The average Bonchev–Trinajstić information content (AvgIpc) is 2.63. The lowest BCUT2D eigenvalue weighted by atomic mass is 10.0. The molecule has 1 aromatic carbocycles. The smallest absolute Gasteiger partial charge is 0.250 e. The van der Waals surface area contributed by atoms with Crippen LogP contribution in [0.4, 0.5) is 0 Å². The molecule has 2 aliphatic heterocycles. The van der Waals surface area contributed by atoms with Gasteiger partial charge < -0.3 is 15.4 Å². The van der Waals surface area contributed by atoms with Gasteiger partial charge >= 0.3 is 0 Å². The van der Waals surface area contributed by atoms with Crippen LogP contribution < -0.4 is 10.6 Å². The lowest BCUT2D eigenvalue weighted by molar-refractivity contribution is -0.134. The zero-order chi connectivity index (χ0) is 16.8. The number of piperidine rings is 1. The maximum absolute atomic E-state index is 12.2. The maximum atomic E-state index is 12.2. The van der Waals surface area contributed by atoms with Gasteiger partial charge in [-0.25, -0.2) is 0 Å². The Bertz CT molecular complexity index is 553. The quantitative estimate of drug-likeness (QED) is 0.792. The van der Waals surface area contributed by atoms with E-state index >= 15 is 0 Å². The Labute approximate surface area is 169 Å². The van der Waals surface area contributed by atoms with Gasteiger partial charge in [-0.05, 0) is 37.4 Å². The van der Waals surface area contributed by atoms with Crippen LogP contribution in [0.3, 0.4) is 0 Å². The Morgan fingerprint density at radius 3 is 2.73 bits per heavy atom. The van der Waals surface area contributed by atoms with Crippen LogP contribution in [0.2, 0.25) is 0 Å². The molecule has 1 amide bonds. The summed E-state index contributed by atoms with van der Waals surface area (Å²) < 4.78 is 5.51. The van der Waals surface area contributed by atoms with Crippen molar-refractivity contribution in [2.45, 2.75) is 51.4 Å². The van der Waals surface area contributed by atoms with Crippen LogP contribution in [-0.4, -0.2) is 49.2 Å². The van der Waals surface area contributed by atoms with Crippen LogP contribution in [-0.2, 0) is 22.6 Å². The zero-order valence-corrected chi connectivity index (χ0v) is 17.0. The van der Waals surface area contributed by atoms with Crippen LogP contribution in [0.25, 0.3) is 0 Å². The number of carbonyl (C=O) groups is 1. The third-order valence-electron chi connectivity index (χ3n) is 5.11. The van der Waals surface area contributed by atoms with Crippen LogP contribution >= 0.6 is 24.8 Å². The summed E-state index contributed by atoms with van der Waals surface area (Å²) in [4.78, 5) is 14.8. The van der Waals surface area contributed by atoms with Gasteiger partial charge in [0.25, 0.3) is 5.91 Å².